The van der Waals surface area contributed by atoms with Gasteiger partial charge in [-0.3, -0.25) is 4.79 Å². The molecule has 2 heterocycles. The first-order valence-electron chi connectivity index (χ1n) is 9.85. The van der Waals surface area contributed by atoms with Crippen molar-refractivity contribution < 1.29 is 4.79 Å². The van der Waals surface area contributed by atoms with Gasteiger partial charge in [-0.1, -0.05) is 54.1 Å². The lowest BCUT2D eigenvalue weighted by atomic mass is 10.1. The number of amides is 1. The van der Waals surface area contributed by atoms with Gasteiger partial charge >= 0.3 is 0 Å². The number of benzene rings is 2. The van der Waals surface area contributed by atoms with Crippen LogP contribution in [0, 0.1) is 0 Å². The maximum atomic E-state index is 11.6. The smallest absolute Gasteiger partial charge is 0.267 e. The van der Waals surface area contributed by atoms with Gasteiger partial charge in [-0.25, -0.2) is 4.98 Å². The van der Waals surface area contributed by atoms with E-state index in [0.29, 0.717) is 23.2 Å². The van der Waals surface area contributed by atoms with Crippen LogP contribution >= 0.6 is 11.6 Å². The number of rotatable bonds is 5. The van der Waals surface area contributed by atoms with E-state index in [0.717, 1.165) is 23.9 Å². The molecule has 6 nitrogen and oxygen atoms in total. The highest BCUT2D eigenvalue weighted by Gasteiger charge is 2.28. The van der Waals surface area contributed by atoms with Crippen molar-refractivity contribution in [1.29, 1.82) is 0 Å². The Hall–Kier alpha value is -3.38. The van der Waals surface area contributed by atoms with E-state index in [-0.39, 0.29) is 11.7 Å². The van der Waals surface area contributed by atoms with E-state index >= 15 is 0 Å². The van der Waals surface area contributed by atoms with Gasteiger partial charge in [-0.2, -0.15) is 4.98 Å². The Balaban J connectivity index is 1.61. The SMILES string of the molecule is NC(=O)c1ccc2c(n1)nc(NCc1ccccc1Cl)n2[C@@H]1CCc2ccccc21. The molecule has 1 aliphatic carbocycles. The van der Waals surface area contributed by atoms with Crippen molar-refractivity contribution >= 4 is 34.6 Å². The number of fused-ring (bicyclic) bond motifs is 2. The topological polar surface area (TPSA) is 85.8 Å². The van der Waals surface area contributed by atoms with Gasteiger partial charge < -0.3 is 15.6 Å². The Morgan fingerprint density at radius 2 is 1.90 bits per heavy atom. The van der Waals surface area contributed by atoms with Gasteiger partial charge in [-0.15, -0.1) is 0 Å². The van der Waals surface area contributed by atoms with Crippen LogP contribution in [-0.4, -0.2) is 20.4 Å². The summed E-state index contributed by atoms with van der Waals surface area (Å²) in [7, 11) is 0. The maximum absolute atomic E-state index is 11.6. The van der Waals surface area contributed by atoms with Crippen LogP contribution in [0.4, 0.5) is 5.95 Å². The van der Waals surface area contributed by atoms with E-state index < -0.39 is 5.91 Å². The molecule has 150 valence electrons. The second kappa shape index (κ2) is 7.46. The van der Waals surface area contributed by atoms with Crippen molar-refractivity contribution in [3.05, 3.63) is 88.1 Å². The Kier molecular flexibility index (Phi) is 4.64. The predicted molar refractivity (Wildman–Crippen MR) is 118 cm³/mol. The molecule has 0 fully saturated rings. The van der Waals surface area contributed by atoms with Crippen LogP contribution in [-0.2, 0) is 13.0 Å². The third-order valence-electron chi connectivity index (χ3n) is 5.61. The summed E-state index contributed by atoms with van der Waals surface area (Å²) in [6, 6.07) is 19.9. The second-order valence-corrected chi connectivity index (χ2v) is 7.81. The fourth-order valence-corrected chi connectivity index (χ4v) is 4.38. The molecule has 0 spiro atoms. The lowest BCUT2D eigenvalue weighted by Crippen LogP contribution is -2.14. The average molecular weight is 418 g/mol. The molecule has 1 amide bonds. The summed E-state index contributed by atoms with van der Waals surface area (Å²) < 4.78 is 2.18. The molecule has 1 atom stereocenters. The maximum Gasteiger partial charge on any atom is 0.267 e. The predicted octanol–water partition coefficient (Wildman–Crippen LogP) is 4.33. The van der Waals surface area contributed by atoms with E-state index in [1.165, 1.54) is 11.1 Å². The second-order valence-electron chi connectivity index (χ2n) is 7.41. The number of nitrogens with two attached hydrogens (primary N) is 1. The molecule has 5 rings (SSSR count). The standard InChI is InChI=1S/C23H20ClN5O/c24-17-8-4-2-6-15(17)13-26-23-28-22-20(12-10-18(27-22)21(25)30)29(23)19-11-9-14-5-1-3-7-16(14)19/h1-8,10,12,19H,9,11,13H2,(H2,25,30)(H,26,27,28)/t19-/m1/s1. The Morgan fingerprint density at radius 1 is 1.10 bits per heavy atom. The molecule has 30 heavy (non-hydrogen) atoms. The third kappa shape index (κ3) is 3.19. The number of hydrogen-bond donors (Lipinski definition) is 2. The normalized spacial score (nSPS) is 15.3. The summed E-state index contributed by atoms with van der Waals surface area (Å²) in [4.78, 5) is 20.7. The van der Waals surface area contributed by atoms with Crippen molar-refractivity contribution in [1.82, 2.24) is 14.5 Å². The molecule has 0 saturated heterocycles. The molecule has 0 saturated carbocycles. The molecule has 4 aromatic rings. The Labute approximate surface area is 178 Å². The van der Waals surface area contributed by atoms with Gasteiger partial charge in [0.25, 0.3) is 5.91 Å². The largest absolute Gasteiger partial charge is 0.364 e. The van der Waals surface area contributed by atoms with E-state index in [2.05, 4.69) is 39.1 Å². The van der Waals surface area contributed by atoms with Gasteiger partial charge in [0, 0.05) is 11.6 Å². The first-order valence-corrected chi connectivity index (χ1v) is 10.2. The Morgan fingerprint density at radius 3 is 2.73 bits per heavy atom. The fraction of sp³-hybridized carbons (Fsp3) is 0.174. The van der Waals surface area contributed by atoms with E-state index in [1.807, 2.05) is 30.3 Å². The summed E-state index contributed by atoms with van der Waals surface area (Å²) >= 11 is 6.33. The highest BCUT2D eigenvalue weighted by atomic mass is 35.5. The Bertz CT molecular complexity index is 1270. The van der Waals surface area contributed by atoms with Crippen LogP contribution in [0.2, 0.25) is 5.02 Å². The van der Waals surface area contributed by atoms with E-state index in [9.17, 15) is 4.79 Å². The molecule has 1 aliphatic rings. The molecular formula is C23H20ClN5O. The number of anilines is 1. The van der Waals surface area contributed by atoms with Crippen LogP contribution in [0.3, 0.4) is 0 Å². The van der Waals surface area contributed by atoms with Crippen LogP contribution in [0.1, 0.15) is 39.6 Å². The molecule has 0 radical (unpaired) electrons. The summed E-state index contributed by atoms with van der Waals surface area (Å²) in [5, 5.41) is 4.13. The number of hydrogen-bond acceptors (Lipinski definition) is 4. The van der Waals surface area contributed by atoms with Gasteiger partial charge in [-0.05, 0) is 47.7 Å². The number of aromatic nitrogens is 3. The zero-order valence-electron chi connectivity index (χ0n) is 16.2. The first-order chi connectivity index (χ1) is 14.6. The molecule has 2 aromatic heterocycles. The number of primary amides is 1. The van der Waals surface area contributed by atoms with Gasteiger partial charge in [0.2, 0.25) is 5.95 Å². The van der Waals surface area contributed by atoms with Crippen molar-refractivity contribution in [2.75, 3.05) is 5.32 Å². The minimum absolute atomic E-state index is 0.140. The summed E-state index contributed by atoms with van der Waals surface area (Å²) in [6.07, 6.45) is 1.99. The number of pyridine rings is 1. The van der Waals surface area contributed by atoms with Crippen LogP contribution in [0.5, 0.6) is 0 Å². The number of aryl methyl sites for hydroxylation is 1. The molecule has 0 bridgehead atoms. The molecule has 0 unspecified atom stereocenters. The van der Waals surface area contributed by atoms with Crippen molar-refractivity contribution in [3.63, 3.8) is 0 Å². The summed E-state index contributed by atoms with van der Waals surface area (Å²) in [5.74, 6) is 0.129. The summed E-state index contributed by atoms with van der Waals surface area (Å²) in [5.41, 5.74) is 10.6. The minimum atomic E-state index is -0.566. The lowest BCUT2D eigenvalue weighted by Gasteiger charge is -2.19. The van der Waals surface area contributed by atoms with Gasteiger partial charge in [0.15, 0.2) is 5.65 Å². The van der Waals surface area contributed by atoms with Crippen LogP contribution in [0.25, 0.3) is 11.2 Å². The molecular weight excluding hydrogens is 398 g/mol. The molecule has 3 N–H and O–H groups in total. The lowest BCUT2D eigenvalue weighted by molar-refractivity contribution is 0.0996. The average Bonchev–Trinajstić information content (AvgIpc) is 3.33. The van der Waals surface area contributed by atoms with Crippen molar-refractivity contribution in [3.8, 4) is 0 Å². The number of halogens is 1. The number of nitrogens with one attached hydrogen (secondary N) is 1. The molecule has 0 aliphatic heterocycles. The quantitative estimate of drug-likeness (QED) is 0.506. The van der Waals surface area contributed by atoms with Crippen LogP contribution < -0.4 is 11.1 Å². The van der Waals surface area contributed by atoms with Crippen LogP contribution in [0.15, 0.2) is 60.7 Å². The van der Waals surface area contributed by atoms with Gasteiger partial charge in [0.05, 0.1) is 11.6 Å². The monoisotopic (exact) mass is 417 g/mol. The summed E-state index contributed by atoms with van der Waals surface area (Å²) in [6.45, 7) is 0.528. The van der Waals surface area contributed by atoms with Crippen molar-refractivity contribution in [2.45, 2.75) is 25.4 Å². The number of imidazole rings is 1. The van der Waals surface area contributed by atoms with Crippen molar-refractivity contribution in [2.24, 2.45) is 5.73 Å². The fourth-order valence-electron chi connectivity index (χ4n) is 4.18. The van der Waals surface area contributed by atoms with Gasteiger partial charge in [0.1, 0.15) is 5.69 Å². The first kappa shape index (κ1) is 18.6. The third-order valence-corrected chi connectivity index (χ3v) is 5.98. The number of carbonyl (C=O) groups excluding carboxylic acids is 1. The van der Waals surface area contributed by atoms with E-state index in [1.54, 1.807) is 6.07 Å². The minimum Gasteiger partial charge on any atom is -0.364 e. The highest BCUT2D eigenvalue weighted by Crippen LogP contribution is 2.38. The molecule has 2 aromatic carbocycles. The highest BCUT2D eigenvalue weighted by molar-refractivity contribution is 6.31. The number of nitrogens with zero attached hydrogens (tertiary/aromatic N) is 3. The zero-order valence-corrected chi connectivity index (χ0v) is 16.9. The van der Waals surface area contributed by atoms with E-state index in [4.69, 9.17) is 22.3 Å². The number of carbonyl (C=O) groups is 1. The molecule has 7 heteroatoms. The zero-order chi connectivity index (χ0) is 20.7.